The van der Waals surface area contributed by atoms with E-state index in [0.717, 1.165) is 0 Å². The van der Waals surface area contributed by atoms with Crippen LogP contribution in [-0.2, 0) is 9.53 Å². The molecule has 1 aliphatic heterocycles. The molecule has 0 aliphatic carbocycles. The minimum absolute atomic E-state index is 0.193. The lowest BCUT2D eigenvalue weighted by Crippen LogP contribution is -2.31. The van der Waals surface area contributed by atoms with Gasteiger partial charge in [0.1, 0.15) is 12.1 Å². The second-order valence-corrected chi connectivity index (χ2v) is 5.13. The van der Waals surface area contributed by atoms with Crippen LogP contribution in [-0.4, -0.2) is 41.7 Å². The van der Waals surface area contributed by atoms with Crippen LogP contribution >= 0.6 is 11.6 Å². The first-order chi connectivity index (χ1) is 10.2. The van der Waals surface area contributed by atoms with Crippen LogP contribution in [0.4, 0.5) is 0 Å². The van der Waals surface area contributed by atoms with Gasteiger partial charge < -0.3 is 14.8 Å². The maximum atomic E-state index is 11.5. The zero-order valence-corrected chi connectivity index (χ0v) is 12.1. The van der Waals surface area contributed by atoms with Gasteiger partial charge in [-0.3, -0.25) is 4.79 Å². The van der Waals surface area contributed by atoms with Crippen molar-refractivity contribution in [2.24, 2.45) is 0 Å². The maximum absolute atomic E-state index is 11.5. The minimum atomic E-state index is -0.354. The van der Waals surface area contributed by atoms with Crippen LogP contribution in [0.2, 0.25) is 5.15 Å². The Bertz CT molecular complexity index is 680. The van der Waals surface area contributed by atoms with Gasteiger partial charge in [0, 0.05) is 13.0 Å². The number of nitrogens with zero attached hydrogens (tertiary/aromatic N) is 2. The molecule has 1 saturated heterocycles. The third kappa shape index (κ3) is 2.91. The van der Waals surface area contributed by atoms with Crippen LogP contribution in [0.15, 0.2) is 24.3 Å². The Morgan fingerprint density at radius 1 is 1.33 bits per heavy atom. The minimum Gasteiger partial charge on any atom is -0.471 e. The van der Waals surface area contributed by atoms with E-state index in [1.807, 2.05) is 24.3 Å². The van der Waals surface area contributed by atoms with Gasteiger partial charge in [-0.2, -0.15) is 0 Å². The van der Waals surface area contributed by atoms with E-state index >= 15 is 0 Å². The number of nitrogens with one attached hydrogen (secondary N) is 1. The number of hydrogen-bond acceptors (Lipinski definition) is 6. The Hall–Kier alpha value is -1.92. The smallest absolute Gasteiger partial charge is 0.323 e. The van der Waals surface area contributed by atoms with Crippen molar-refractivity contribution in [1.29, 1.82) is 0 Å². The van der Waals surface area contributed by atoms with Crippen molar-refractivity contribution in [3.05, 3.63) is 29.4 Å². The van der Waals surface area contributed by atoms with Crippen LogP contribution in [0.5, 0.6) is 5.88 Å². The highest BCUT2D eigenvalue weighted by molar-refractivity contribution is 6.31. The van der Waals surface area contributed by atoms with Crippen molar-refractivity contribution in [1.82, 2.24) is 15.3 Å². The zero-order valence-electron chi connectivity index (χ0n) is 11.4. The number of methoxy groups -OCH3 is 1. The number of aromatic nitrogens is 2. The van der Waals surface area contributed by atoms with Gasteiger partial charge in [0.25, 0.3) is 5.88 Å². The molecule has 0 saturated carbocycles. The van der Waals surface area contributed by atoms with E-state index < -0.39 is 0 Å². The molecule has 2 aromatic rings. The van der Waals surface area contributed by atoms with Crippen LogP contribution in [0.25, 0.3) is 11.0 Å². The Morgan fingerprint density at radius 3 is 2.76 bits per heavy atom. The Morgan fingerprint density at radius 2 is 2.05 bits per heavy atom. The molecule has 21 heavy (non-hydrogen) atoms. The molecule has 1 fully saturated rings. The van der Waals surface area contributed by atoms with Gasteiger partial charge in [-0.25, -0.2) is 9.97 Å². The molecular weight excluding hydrogens is 294 g/mol. The molecule has 2 atom stereocenters. The van der Waals surface area contributed by atoms with E-state index in [1.54, 1.807) is 0 Å². The lowest BCUT2D eigenvalue weighted by atomic mass is 10.2. The van der Waals surface area contributed by atoms with E-state index in [-0.39, 0.29) is 29.1 Å². The van der Waals surface area contributed by atoms with Gasteiger partial charge >= 0.3 is 5.97 Å². The van der Waals surface area contributed by atoms with Crippen LogP contribution in [0.3, 0.4) is 0 Å². The molecule has 110 valence electrons. The molecule has 2 heterocycles. The fourth-order valence-electron chi connectivity index (χ4n) is 2.31. The maximum Gasteiger partial charge on any atom is 0.323 e. The quantitative estimate of drug-likeness (QED) is 0.868. The van der Waals surface area contributed by atoms with E-state index in [0.29, 0.717) is 24.0 Å². The molecule has 1 aromatic carbocycles. The van der Waals surface area contributed by atoms with Crippen molar-refractivity contribution >= 4 is 28.6 Å². The number of ether oxygens (including phenoxy) is 2. The number of hydrogen-bond donors (Lipinski definition) is 1. The monoisotopic (exact) mass is 307 g/mol. The molecule has 6 nitrogen and oxygen atoms in total. The van der Waals surface area contributed by atoms with Crippen LogP contribution < -0.4 is 10.1 Å². The lowest BCUT2D eigenvalue weighted by Gasteiger charge is -2.13. The first-order valence-corrected chi connectivity index (χ1v) is 6.95. The van der Waals surface area contributed by atoms with Crippen molar-refractivity contribution in [3.8, 4) is 5.88 Å². The van der Waals surface area contributed by atoms with Crippen LogP contribution in [0.1, 0.15) is 6.42 Å². The van der Waals surface area contributed by atoms with E-state index in [1.165, 1.54) is 7.11 Å². The molecular formula is C14H14ClN3O3. The fraction of sp³-hybridized carbons (Fsp3) is 0.357. The largest absolute Gasteiger partial charge is 0.471 e. The Labute approximate surface area is 126 Å². The van der Waals surface area contributed by atoms with Gasteiger partial charge in [0.2, 0.25) is 0 Å². The summed E-state index contributed by atoms with van der Waals surface area (Å²) in [6.07, 6.45) is 0.319. The van der Waals surface area contributed by atoms with E-state index in [4.69, 9.17) is 21.1 Å². The van der Waals surface area contributed by atoms with Gasteiger partial charge in [-0.15, -0.1) is 0 Å². The molecule has 0 unspecified atom stereocenters. The summed E-state index contributed by atoms with van der Waals surface area (Å²) < 4.78 is 10.5. The van der Waals surface area contributed by atoms with Crippen molar-refractivity contribution in [3.63, 3.8) is 0 Å². The summed E-state index contributed by atoms with van der Waals surface area (Å²) in [5.74, 6) is -0.00975. The molecule has 1 N–H and O–H groups in total. The Balaban J connectivity index is 1.76. The van der Waals surface area contributed by atoms with Gasteiger partial charge in [0.15, 0.2) is 5.15 Å². The average molecular weight is 308 g/mol. The third-order valence-corrected chi connectivity index (χ3v) is 3.60. The zero-order chi connectivity index (χ0) is 14.8. The normalized spacial score (nSPS) is 21.4. The molecule has 0 radical (unpaired) electrons. The number of halogens is 1. The molecule has 3 rings (SSSR count). The number of carbonyl (C=O) groups is 1. The topological polar surface area (TPSA) is 73.3 Å². The van der Waals surface area contributed by atoms with E-state index in [2.05, 4.69) is 15.3 Å². The third-order valence-electron chi connectivity index (χ3n) is 3.35. The molecule has 1 aliphatic rings. The molecule has 1 aromatic heterocycles. The standard InChI is InChI=1S/C14H14ClN3O3/c1-20-14(19)11-6-8(7-16-11)21-13-12(15)17-9-4-2-3-5-10(9)18-13/h2-5,8,11,16H,6-7H2,1H3/t8-,11+/m1/s1. The summed E-state index contributed by atoms with van der Waals surface area (Å²) in [5.41, 5.74) is 1.43. The SMILES string of the molecule is COC(=O)[C@@H]1C[C@@H](Oc2nc3ccccc3nc2Cl)CN1. The average Bonchev–Trinajstić information content (AvgIpc) is 2.96. The molecule has 7 heteroatoms. The van der Waals surface area contributed by atoms with E-state index in [9.17, 15) is 4.79 Å². The molecule has 0 bridgehead atoms. The highest BCUT2D eigenvalue weighted by atomic mass is 35.5. The predicted molar refractivity (Wildman–Crippen MR) is 77.4 cm³/mol. The fourth-order valence-corrected chi connectivity index (χ4v) is 2.49. The number of carbonyl (C=O) groups excluding carboxylic acids is 1. The molecule has 0 spiro atoms. The highest BCUT2D eigenvalue weighted by Gasteiger charge is 2.32. The summed E-state index contributed by atoms with van der Waals surface area (Å²) in [5, 5.41) is 3.26. The summed E-state index contributed by atoms with van der Waals surface area (Å²) in [6.45, 7) is 0.532. The van der Waals surface area contributed by atoms with Crippen molar-refractivity contribution in [2.45, 2.75) is 18.6 Å². The summed E-state index contributed by atoms with van der Waals surface area (Å²) in [6, 6.07) is 7.07. The predicted octanol–water partition coefficient (Wildman–Crippen LogP) is 1.57. The van der Waals surface area contributed by atoms with Gasteiger partial charge in [-0.1, -0.05) is 23.7 Å². The van der Waals surface area contributed by atoms with Crippen LogP contribution in [0, 0.1) is 0 Å². The lowest BCUT2D eigenvalue weighted by molar-refractivity contribution is -0.142. The summed E-state index contributed by atoms with van der Waals surface area (Å²) in [7, 11) is 1.36. The second-order valence-electron chi connectivity index (χ2n) is 4.77. The number of fused-ring (bicyclic) bond motifs is 1. The van der Waals surface area contributed by atoms with Crippen molar-refractivity contribution < 1.29 is 14.3 Å². The first kappa shape index (κ1) is 14.0. The Kier molecular flexibility index (Phi) is 3.90. The second kappa shape index (κ2) is 5.83. The number of benzene rings is 1. The van der Waals surface area contributed by atoms with Gasteiger partial charge in [0.05, 0.1) is 18.1 Å². The number of para-hydroxylation sites is 2. The first-order valence-electron chi connectivity index (χ1n) is 6.57. The number of esters is 1. The van der Waals surface area contributed by atoms with Crippen molar-refractivity contribution in [2.75, 3.05) is 13.7 Å². The number of rotatable bonds is 3. The summed E-state index contributed by atoms with van der Waals surface area (Å²) in [4.78, 5) is 20.1. The highest BCUT2D eigenvalue weighted by Crippen LogP contribution is 2.25. The summed E-state index contributed by atoms with van der Waals surface area (Å²) >= 11 is 6.10. The van der Waals surface area contributed by atoms with Gasteiger partial charge in [-0.05, 0) is 12.1 Å². The molecule has 0 amide bonds.